The van der Waals surface area contributed by atoms with E-state index in [0.29, 0.717) is 0 Å². The van der Waals surface area contributed by atoms with Gasteiger partial charge in [-0.3, -0.25) is 9.78 Å². The minimum atomic E-state index is 0.170. The summed E-state index contributed by atoms with van der Waals surface area (Å²) in [4.78, 5) is 18.3. The third-order valence-corrected chi connectivity index (χ3v) is 2.81. The highest BCUT2D eigenvalue weighted by atomic mass is 16.1. The maximum absolute atomic E-state index is 12.0. The standard InChI is InChI=1S/C13H17N2O/c1-10(2)7-15-8-12(9-15)13(16)11-4-3-5-14-6-11/h3-6,12H,7-9H2,1-2H3. The fourth-order valence-corrected chi connectivity index (χ4v) is 2.06. The first-order valence-electron chi connectivity index (χ1n) is 5.62. The molecule has 1 radical (unpaired) electrons. The normalized spacial score (nSPS) is 17.4. The van der Waals surface area contributed by atoms with Crippen LogP contribution in [0.25, 0.3) is 0 Å². The van der Waals surface area contributed by atoms with Gasteiger partial charge in [-0.2, -0.15) is 0 Å². The van der Waals surface area contributed by atoms with E-state index in [2.05, 4.69) is 23.7 Å². The van der Waals surface area contributed by atoms with Crippen LogP contribution in [0.1, 0.15) is 24.2 Å². The molecular formula is C13H17N2O. The molecule has 0 amide bonds. The molecule has 1 aromatic rings. The van der Waals surface area contributed by atoms with Crippen LogP contribution in [-0.4, -0.2) is 35.3 Å². The predicted molar refractivity (Wildman–Crippen MR) is 63.1 cm³/mol. The number of aromatic nitrogens is 1. The summed E-state index contributed by atoms with van der Waals surface area (Å²) in [7, 11) is 0. The molecule has 0 spiro atoms. The van der Waals surface area contributed by atoms with Gasteiger partial charge < -0.3 is 4.90 Å². The van der Waals surface area contributed by atoms with E-state index in [0.717, 1.165) is 25.2 Å². The maximum atomic E-state index is 12.0. The number of pyridine rings is 1. The summed E-state index contributed by atoms with van der Waals surface area (Å²) in [5, 5.41) is 0. The Balaban J connectivity index is 1.86. The fraction of sp³-hybridized carbons (Fsp3) is 0.462. The number of carbonyl (C=O) groups excluding carboxylic acids is 1. The van der Waals surface area contributed by atoms with Crippen LogP contribution in [0.5, 0.6) is 0 Å². The lowest BCUT2D eigenvalue weighted by Crippen LogP contribution is -2.51. The van der Waals surface area contributed by atoms with E-state index in [4.69, 9.17) is 0 Å². The molecule has 0 N–H and O–H groups in total. The van der Waals surface area contributed by atoms with Crippen molar-refractivity contribution in [3.05, 3.63) is 36.0 Å². The summed E-state index contributed by atoms with van der Waals surface area (Å²) in [5.41, 5.74) is 0.740. The zero-order valence-corrected chi connectivity index (χ0v) is 9.81. The second-order valence-electron chi connectivity index (χ2n) is 4.70. The van der Waals surface area contributed by atoms with E-state index < -0.39 is 0 Å². The molecule has 0 saturated carbocycles. The van der Waals surface area contributed by atoms with E-state index in [1.165, 1.54) is 5.92 Å². The van der Waals surface area contributed by atoms with Gasteiger partial charge in [0.05, 0.1) is 0 Å². The summed E-state index contributed by atoms with van der Waals surface area (Å²) >= 11 is 0. The maximum Gasteiger partial charge on any atom is 0.170 e. The topological polar surface area (TPSA) is 33.2 Å². The van der Waals surface area contributed by atoms with Gasteiger partial charge in [-0.25, -0.2) is 0 Å². The minimum absolute atomic E-state index is 0.170. The van der Waals surface area contributed by atoms with Crippen LogP contribution in [0.15, 0.2) is 24.5 Å². The summed E-state index contributed by atoms with van der Waals surface area (Å²) in [6.45, 7) is 7.03. The molecule has 1 aliphatic heterocycles. The Bertz CT molecular complexity index is 355. The second-order valence-corrected chi connectivity index (χ2v) is 4.70. The average molecular weight is 217 g/mol. The summed E-state index contributed by atoms with van der Waals surface area (Å²) in [6.07, 6.45) is 3.35. The zero-order valence-electron chi connectivity index (χ0n) is 9.81. The van der Waals surface area contributed by atoms with Crippen LogP contribution < -0.4 is 0 Å². The van der Waals surface area contributed by atoms with Crippen LogP contribution in [0.2, 0.25) is 0 Å². The van der Waals surface area contributed by atoms with Crippen LogP contribution >= 0.6 is 0 Å². The number of nitrogens with zero attached hydrogens (tertiary/aromatic N) is 2. The van der Waals surface area contributed by atoms with Crippen molar-refractivity contribution in [2.45, 2.75) is 13.8 Å². The van der Waals surface area contributed by atoms with E-state index in [-0.39, 0.29) is 11.7 Å². The molecule has 0 aromatic carbocycles. The Labute approximate surface area is 96.5 Å². The zero-order chi connectivity index (χ0) is 11.5. The van der Waals surface area contributed by atoms with Crippen LogP contribution in [0.3, 0.4) is 0 Å². The lowest BCUT2D eigenvalue weighted by Gasteiger charge is -2.39. The Kier molecular flexibility index (Phi) is 3.34. The smallest absolute Gasteiger partial charge is 0.170 e. The fourth-order valence-electron chi connectivity index (χ4n) is 2.06. The summed E-state index contributed by atoms with van der Waals surface area (Å²) < 4.78 is 0. The van der Waals surface area contributed by atoms with Crippen LogP contribution in [0, 0.1) is 11.8 Å². The van der Waals surface area contributed by atoms with E-state index in [1.807, 2.05) is 12.1 Å². The van der Waals surface area contributed by atoms with Gasteiger partial charge >= 0.3 is 0 Å². The Morgan fingerprint density at radius 2 is 2.25 bits per heavy atom. The first-order valence-corrected chi connectivity index (χ1v) is 5.62. The molecular weight excluding hydrogens is 200 g/mol. The van der Waals surface area contributed by atoms with Gasteiger partial charge in [0.1, 0.15) is 0 Å². The van der Waals surface area contributed by atoms with Crippen molar-refractivity contribution in [3.8, 4) is 0 Å². The molecule has 1 saturated heterocycles. The molecule has 16 heavy (non-hydrogen) atoms. The number of carbonyl (C=O) groups is 1. The molecule has 3 heteroatoms. The lowest BCUT2D eigenvalue weighted by atomic mass is 9.91. The van der Waals surface area contributed by atoms with E-state index in [1.54, 1.807) is 12.4 Å². The third kappa shape index (κ3) is 2.47. The number of hydrogen-bond acceptors (Lipinski definition) is 3. The molecule has 1 aromatic heterocycles. The largest absolute Gasteiger partial charge is 0.301 e. The van der Waals surface area contributed by atoms with E-state index >= 15 is 0 Å². The first-order chi connectivity index (χ1) is 7.66. The Morgan fingerprint density at radius 3 is 2.81 bits per heavy atom. The van der Waals surface area contributed by atoms with E-state index in [9.17, 15) is 4.79 Å². The molecule has 2 rings (SSSR count). The van der Waals surface area contributed by atoms with Crippen LogP contribution in [0.4, 0.5) is 0 Å². The molecule has 2 heterocycles. The van der Waals surface area contributed by atoms with Gasteiger partial charge in [0.15, 0.2) is 5.78 Å². The number of likely N-dealkylation sites (tertiary alicyclic amines) is 1. The molecule has 1 aliphatic rings. The van der Waals surface area contributed by atoms with Gasteiger partial charge in [-0.15, -0.1) is 0 Å². The van der Waals surface area contributed by atoms with Crippen molar-refractivity contribution < 1.29 is 4.79 Å². The van der Waals surface area contributed by atoms with Gasteiger partial charge in [-0.1, -0.05) is 13.8 Å². The summed E-state index contributed by atoms with van der Waals surface area (Å²) in [6, 6.07) is 3.66. The molecule has 0 aliphatic carbocycles. The number of rotatable bonds is 4. The minimum Gasteiger partial charge on any atom is -0.301 e. The SMILES string of the molecule is C[C](C)CN1CC(C(=O)c2cccnc2)C1. The van der Waals surface area contributed by atoms with Gasteiger partial charge in [-0.05, 0) is 18.1 Å². The number of Topliss-reactive ketones (excluding diaryl/α,β-unsaturated/α-hetero) is 1. The van der Waals surface area contributed by atoms with Gasteiger partial charge in [0.25, 0.3) is 0 Å². The van der Waals surface area contributed by atoms with Gasteiger partial charge in [0, 0.05) is 43.5 Å². The summed E-state index contributed by atoms with van der Waals surface area (Å²) in [5.74, 6) is 1.80. The predicted octanol–water partition coefficient (Wildman–Crippen LogP) is 1.81. The Morgan fingerprint density at radius 1 is 1.50 bits per heavy atom. The molecule has 3 nitrogen and oxygen atoms in total. The highest BCUT2D eigenvalue weighted by Crippen LogP contribution is 2.21. The number of ketones is 1. The van der Waals surface area contributed by atoms with Gasteiger partial charge in [0.2, 0.25) is 0 Å². The van der Waals surface area contributed by atoms with Crippen LogP contribution in [-0.2, 0) is 0 Å². The molecule has 0 atom stereocenters. The molecule has 0 unspecified atom stereocenters. The average Bonchev–Trinajstić information content (AvgIpc) is 2.23. The molecule has 1 fully saturated rings. The quantitative estimate of drug-likeness (QED) is 0.721. The van der Waals surface area contributed by atoms with Crippen molar-refractivity contribution in [1.29, 1.82) is 0 Å². The number of hydrogen-bond donors (Lipinski definition) is 0. The monoisotopic (exact) mass is 217 g/mol. The molecule has 0 bridgehead atoms. The van der Waals surface area contributed by atoms with Crippen molar-refractivity contribution in [2.24, 2.45) is 5.92 Å². The third-order valence-electron chi connectivity index (χ3n) is 2.81. The van der Waals surface area contributed by atoms with Crippen molar-refractivity contribution >= 4 is 5.78 Å². The first kappa shape index (κ1) is 11.3. The highest BCUT2D eigenvalue weighted by molar-refractivity contribution is 5.98. The second kappa shape index (κ2) is 4.74. The lowest BCUT2D eigenvalue weighted by molar-refractivity contribution is 0.0639. The highest BCUT2D eigenvalue weighted by Gasteiger charge is 2.33. The van der Waals surface area contributed by atoms with Crippen molar-refractivity contribution in [2.75, 3.05) is 19.6 Å². The Hall–Kier alpha value is -1.22. The molecule has 85 valence electrons. The van der Waals surface area contributed by atoms with Crippen molar-refractivity contribution in [1.82, 2.24) is 9.88 Å². The van der Waals surface area contributed by atoms with Crippen molar-refractivity contribution in [3.63, 3.8) is 0 Å².